The summed E-state index contributed by atoms with van der Waals surface area (Å²) in [4.78, 5) is 24.3. The van der Waals surface area contributed by atoms with Gasteiger partial charge < -0.3 is 15.4 Å². The van der Waals surface area contributed by atoms with Crippen molar-refractivity contribution in [3.63, 3.8) is 0 Å². The zero-order chi connectivity index (χ0) is 21.1. The zero-order valence-corrected chi connectivity index (χ0v) is 17.2. The van der Waals surface area contributed by atoms with Crippen LogP contribution in [0, 0.1) is 5.92 Å². The van der Waals surface area contributed by atoms with Gasteiger partial charge in [-0.25, -0.2) is 0 Å². The molecule has 2 amide bonds. The van der Waals surface area contributed by atoms with Gasteiger partial charge in [-0.05, 0) is 38.0 Å². The van der Waals surface area contributed by atoms with Crippen molar-refractivity contribution in [2.24, 2.45) is 5.92 Å². The van der Waals surface area contributed by atoms with E-state index in [1.54, 1.807) is 0 Å². The maximum atomic E-state index is 12.9. The third-order valence-corrected chi connectivity index (χ3v) is 5.16. The fraction of sp³-hybridized carbons (Fsp3) is 0.348. The molecule has 1 aliphatic heterocycles. The first-order valence-electron chi connectivity index (χ1n) is 10.3. The molecular weight excluding hydrogens is 380 g/mol. The summed E-state index contributed by atoms with van der Waals surface area (Å²) in [6, 6.07) is 15.9. The van der Waals surface area contributed by atoms with E-state index in [1.807, 2.05) is 67.1 Å². The molecule has 30 heavy (non-hydrogen) atoms. The maximum Gasteiger partial charge on any atom is 0.230 e. The van der Waals surface area contributed by atoms with Crippen LogP contribution < -0.4 is 15.4 Å². The molecule has 2 heterocycles. The van der Waals surface area contributed by atoms with Gasteiger partial charge in [0.15, 0.2) is 5.82 Å². The van der Waals surface area contributed by atoms with Gasteiger partial charge >= 0.3 is 0 Å². The van der Waals surface area contributed by atoms with Crippen molar-refractivity contribution < 1.29 is 14.3 Å². The number of carbonyl (C=O) groups excluding carboxylic acids is 2. The summed E-state index contributed by atoms with van der Waals surface area (Å²) in [6.07, 6.45) is 0.892. The van der Waals surface area contributed by atoms with Crippen LogP contribution in [0.5, 0.6) is 5.75 Å². The van der Waals surface area contributed by atoms with E-state index in [0.29, 0.717) is 37.5 Å². The van der Waals surface area contributed by atoms with Crippen molar-refractivity contribution in [2.45, 2.75) is 39.3 Å². The van der Waals surface area contributed by atoms with Gasteiger partial charge in [0.25, 0.3) is 0 Å². The number of amides is 2. The summed E-state index contributed by atoms with van der Waals surface area (Å²) in [5.74, 6) is 0.758. The first-order chi connectivity index (χ1) is 14.5. The lowest BCUT2D eigenvalue weighted by Gasteiger charge is -2.21. The minimum atomic E-state index is -0.268. The molecule has 4 rings (SSSR count). The van der Waals surface area contributed by atoms with Crippen LogP contribution in [0.25, 0.3) is 10.9 Å². The third kappa shape index (κ3) is 4.30. The van der Waals surface area contributed by atoms with Crippen molar-refractivity contribution in [3.8, 4) is 5.75 Å². The number of carbonyl (C=O) groups is 2. The Bertz CT molecular complexity index is 1050. The Morgan fingerprint density at radius 1 is 1.23 bits per heavy atom. The second-order valence-corrected chi connectivity index (χ2v) is 7.84. The molecule has 1 saturated heterocycles. The average Bonchev–Trinajstić information content (AvgIpc) is 3.07. The quantitative estimate of drug-likeness (QED) is 0.658. The summed E-state index contributed by atoms with van der Waals surface area (Å²) in [5.41, 5.74) is 2.01. The van der Waals surface area contributed by atoms with E-state index < -0.39 is 0 Å². The molecular formula is C23H26N4O3. The fourth-order valence-corrected chi connectivity index (χ4v) is 3.69. The van der Waals surface area contributed by atoms with Crippen LogP contribution in [-0.4, -0.2) is 34.2 Å². The van der Waals surface area contributed by atoms with E-state index in [1.165, 1.54) is 0 Å². The van der Waals surface area contributed by atoms with Crippen LogP contribution in [0.4, 0.5) is 5.82 Å². The van der Waals surface area contributed by atoms with Gasteiger partial charge in [-0.1, -0.05) is 36.4 Å². The Hall–Kier alpha value is -3.35. The summed E-state index contributed by atoms with van der Waals surface area (Å²) in [6.45, 7) is 4.87. The summed E-state index contributed by atoms with van der Waals surface area (Å²) in [7, 11) is 0. The SMILES string of the molecule is CC(C)Oc1cccc2c1c(NC(=O)[C@H]1CCC(=O)NC1)nn2Cc1ccccc1. The Morgan fingerprint density at radius 2 is 2.03 bits per heavy atom. The largest absolute Gasteiger partial charge is 0.490 e. The maximum absolute atomic E-state index is 12.9. The summed E-state index contributed by atoms with van der Waals surface area (Å²) in [5, 5.41) is 11.3. The molecule has 0 bridgehead atoms. The van der Waals surface area contributed by atoms with E-state index in [-0.39, 0.29) is 23.8 Å². The second-order valence-electron chi connectivity index (χ2n) is 7.84. The first-order valence-corrected chi connectivity index (χ1v) is 10.3. The highest BCUT2D eigenvalue weighted by atomic mass is 16.5. The van der Waals surface area contributed by atoms with E-state index >= 15 is 0 Å². The number of nitrogens with zero attached hydrogens (tertiary/aromatic N) is 2. The molecule has 1 aromatic heterocycles. The predicted octanol–water partition coefficient (Wildman–Crippen LogP) is 3.34. The third-order valence-electron chi connectivity index (χ3n) is 5.16. The van der Waals surface area contributed by atoms with Gasteiger partial charge in [0.1, 0.15) is 5.75 Å². The lowest BCUT2D eigenvalue weighted by Crippen LogP contribution is -2.40. The fourth-order valence-electron chi connectivity index (χ4n) is 3.69. The Balaban J connectivity index is 1.69. The molecule has 7 heteroatoms. The molecule has 1 fully saturated rings. The number of nitrogens with one attached hydrogen (secondary N) is 2. The molecule has 2 N–H and O–H groups in total. The summed E-state index contributed by atoms with van der Waals surface area (Å²) >= 11 is 0. The van der Waals surface area contributed by atoms with Crippen molar-refractivity contribution in [2.75, 3.05) is 11.9 Å². The minimum absolute atomic E-state index is 0.00909. The van der Waals surface area contributed by atoms with Gasteiger partial charge in [0.2, 0.25) is 11.8 Å². The summed E-state index contributed by atoms with van der Waals surface area (Å²) < 4.78 is 7.90. The highest BCUT2D eigenvalue weighted by Gasteiger charge is 2.26. The lowest BCUT2D eigenvalue weighted by molar-refractivity contribution is -0.126. The van der Waals surface area contributed by atoms with Crippen molar-refractivity contribution in [1.29, 1.82) is 0 Å². The molecule has 0 aliphatic carbocycles. The molecule has 0 unspecified atom stereocenters. The number of benzene rings is 2. The second kappa shape index (κ2) is 8.57. The number of ether oxygens (including phenoxy) is 1. The number of hydrogen-bond acceptors (Lipinski definition) is 4. The Morgan fingerprint density at radius 3 is 2.73 bits per heavy atom. The van der Waals surface area contributed by atoms with Gasteiger partial charge in [0, 0.05) is 13.0 Å². The first kappa shape index (κ1) is 19.9. The van der Waals surface area contributed by atoms with Gasteiger partial charge in [0.05, 0.1) is 29.5 Å². The number of rotatable bonds is 6. The molecule has 0 radical (unpaired) electrons. The Kier molecular flexibility index (Phi) is 5.70. The van der Waals surface area contributed by atoms with Gasteiger partial charge in [-0.15, -0.1) is 0 Å². The van der Waals surface area contributed by atoms with E-state index in [2.05, 4.69) is 10.6 Å². The average molecular weight is 406 g/mol. The normalized spacial score (nSPS) is 16.5. The number of piperidine rings is 1. The minimum Gasteiger partial charge on any atom is -0.490 e. The molecule has 1 aliphatic rings. The smallest absolute Gasteiger partial charge is 0.230 e. The van der Waals surface area contributed by atoms with Crippen LogP contribution in [-0.2, 0) is 16.1 Å². The molecule has 2 aromatic carbocycles. The van der Waals surface area contributed by atoms with Crippen molar-refractivity contribution in [3.05, 3.63) is 54.1 Å². The van der Waals surface area contributed by atoms with Crippen molar-refractivity contribution in [1.82, 2.24) is 15.1 Å². The number of anilines is 1. The highest BCUT2D eigenvalue weighted by Crippen LogP contribution is 2.33. The van der Waals surface area contributed by atoms with E-state index in [9.17, 15) is 9.59 Å². The number of aromatic nitrogens is 2. The van der Waals surface area contributed by atoms with Crippen LogP contribution in [0.3, 0.4) is 0 Å². The van der Waals surface area contributed by atoms with Crippen molar-refractivity contribution >= 4 is 28.5 Å². The number of hydrogen-bond donors (Lipinski definition) is 2. The number of fused-ring (bicyclic) bond motifs is 1. The van der Waals surface area contributed by atoms with Gasteiger partial charge in [-0.2, -0.15) is 5.10 Å². The molecule has 0 saturated carbocycles. The van der Waals surface area contributed by atoms with E-state index in [0.717, 1.165) is 16.5 Å². The van der Waals surface area contributed by atoms with Gasteiger partial charge in [-0.3, -0.25) is 14.3 Å². The standard InChI is InChI=1S/C23H26N4O3/c1-15(2)30-19-10-6-9-18-21(19)22(25-23(29)17-11-12-20(28)24-13-17)26-27(18)14-16-7-4-3-5-8-16/h3-10,15,17H,11-14H2,1-2H3,(H,24,28)(H,25,26,29)/t17-/m0/s1. The molecule has 0 spiro atoms. The predicted molar refractivity (Wildman–Crippen MR) is 115 cm³/mol. The Labute approximate surface area is 175 Å². The van der Waals surface area contributed by atoms with Crippen LogP contribution in [0.15, 0.2) is 48.5 Å². The van der Waals surface area contributed by atoms with Crippen LogP contribution in [0.1, 0.15) is 32.3 Å². The van der Waals surface area contributed by atoms with E-state index in [4.69, 9.17) is 9.84 Å². The van der Waals surface area contributed by atoms with Crippen LogP contribution >= 0.6 is 0 Å². The topological polar surface area (TPSA) is 85.2 Å². The monoisotopic (exact) mass is 406 g/mol. The lowest BCUT2D eigenvalue weighted by atomic mass is 9.98. The van der Waals surface area contributed by atoms with Crippen LogP contribution in [0.2, 0.25) is 0 Å². The molecule has 7 nitrogen and oxygen atoms in total. The highest BCUT2D eigenvalue weighted by molar-refractivity contribution is 6.03. The molecule has 156 valence electrons. The molecule has 3 aromatic rings. The molecule has 1 atom stereocenters. The zero-order valence-electron chi connectivity index (χ0n) is 17.2.